The molecular weight excluding hydrogens is 168 g/mol. The minimum Gasteiger partial charge on any atom is -0.505 e. The maximum atomic E-state index is 8.96. The molecule has 0 aliphatic heterocycles. The van der Waals surface area contributed by atoms with Crippen molar-refractivity contribution in [3.63, 3.8) is 0 Å². The van der Waals surface area contributed by atoms with E-state index in [1.807, 2.05) is 19.3 Å². The summed E-state index contributed by atoms with van der Waals surface area (Å²) in [5.41, 5.74) is 0.697. The first-order valence-electron chi connectivity index (χ1n) is 3.77. The SMILES string of the molecule is Cn1ccc(-c2ncc(O)cn2)n1. The Labute approximate surface area is 74.7 Å². The molecule has 2 rings (SSSR count). The van der Waals surface area contributed by atoms with Gasteiger partial charge in [0.25, 0.3) is 0 Å². The fraction of sp³-hybridized carbons (Fsp3) is 0.125. The summed E-state index contributed by atoms with van der Waals surface area (Å²) in [5.74, 6) is 0.568. The van der Waals surface area contributed by atoms with Gasteiger partial charge in [0.2, 0.25) is 0 Å². The smallest absolute Gasteiger partial charge is 0.180 e. The number of nitrogens with zero attached hydrogens (tertiary/aromatic N) is 4. The van der Waals surface area contributed by atoms with Crippen molar-refractivity contribution >= 4 is 0 Å². The first kappa shape index (κ1) is 7.72. The number of hydrogen-bond donors (Lipinski definition) is 1. The number of aryl methyl sites for hydroxylation is 1. The van der Waals surface area contributed by atoms with E-state index in [4.69, 9.17) is 5.11 Å². The lowest BCUT2D eigenvalue weighted by Gasteiger charge is -1.93. The minimum absolute atomic E-state index is 0.0553. The van der Waals surface area contributed by atoms with E-state index < -0.39 is 0 Å². The van der Waals surface area contributed by atoms with Crippen molar-refractivity contribution in [2.24, 2.45) is 7.05 Å². The summed E-state index contributed by atoms with van der Waals surface area (Å²) in [5, 5.41) is 13.1. The van der Waals surface area contributed by atoms with Crippen molar-refractivity contribution in [3.8, 4) is 17.3 Å². The third-order valence-electron chi connectivity index (χ3n) is 1.58. The highest BCUT2D eigenvalue weighted by atomic mass is 16.3. The van der Waals surface area contributed by atoms with E-state index in [9.17, 15) is 0 Å². The second-order valence-electron chi connectivity index (χ2n) is 2.64. The molecule has 0 aliphatic rings. The summed E-state index contributed by atoms with van der Waals surface area (Å²) in [4.78, 5) is 7.85. The molecule has 0 aromatic carbocycles. The molecular formula is C8H8N4O. The zero-order valence-corrected chi connectivity index (χ0v) is 7.05. The van der Waals surface area contributed by atoms with E-state index >= 15 is 0 Å². The molecule has 0 aliphatic carbocycles. The van der Waals surface area contributed by atoms with Gasteiger partial charge in [-0.15, -0.1) is 0 Å². The van der Waals surface area contributed by atoms with E-state index in [2.05, 4.69) is 15.1 Å². The first-order chi connectivity index (χ1) is 6.25. The quantitative estimate of drug-likeness (QED) is 0.690. The van der Waals surface area contributed by atoms with Gasteiger partial charge in [-0.25, -0.2) is 9.97 Å². The topological polar surface area (TPSA) is 63.8 Å². The lowest BCUT2D eigenvalue weighted by atomic mass is 10.4. The molecule has 0 fully saturated rings. The van der Waals surface area contributed by atoms with Gasteiger partial charge in [0.05, 0.1) is 12.4 Å². The lowest BCUT2D eigenvalue weighted by Crippen LogP contribution is -1.91. The molecule has 0 saturated heterocycles. The molecule has 0 spiro atoms. The van der Waals surface area contributed by atoms with Crippen LogP contribution in [0.4, 0.5) is 0 Å². The normalized spacial score (nSPS) is 10.2. The van der Waals surface area contributed by atoms with Gasteiger partial charge < -0.3 is 5.11 Å². The summed E-state index contributed by atoms with van der Waals surface area (Å²) in [7, 11) is 1.82. The van der Waals surface area contributed by atoms with Crippen LogP contribution in [-0.2, 0) is 7.05 Å². The lowest BCUT2D eigenvalue weighted by molar-refractivity contribution is 0.470. The summed E-state index contributed by atoms with van der Waals surface area (Å²) >= 11 is 0. The fourth-order valence-corrected chi connectivity index (χ4v) is 0.988. The average molecular weight is 176 g/mol. The van der Waals surface area contributed by atoms with Gasteiger partial charge in [-0.1, -0.05) is 0 Å². The highest BCUT2D eigenvalue weighted by Crippen LogP contribution is 2.12. The van der Waals surface area contributed by atoms with E-state index in [-0.39, 0.29) is 5.75 Å². The standard InChI is InChI=1S/C8H8N4O/c1-12-3-2-7(11-12)8-9-4-6(13)5-10-8/h2-5,13H,1H3. The summed E-state index contributed by atoms with van der Waals surface area (Å²) < 4.78 is 1.67. The second kappa shape index (κ2) is 2.85. The van der Waals surface area contributed by atoms with Crippen molar-refractivity contribution in [2.75, 3.05) is 0 Å². The number of aromatic nitrogens is 4. The van der Waals surface area contributed by atoms with E-state index in [0.29, 0.717) is 11.5 Å². The molecule has 5 nitrogen and oxygen atoms in total. The summed E-state index contributed by atoms with van der Waals surface area (Å²) in [6.07, 6.45) is 4.50. The Morgan fingerprint density at radius 2 is 2.00 bits per heavy atom. The van der Waals surface area contributed by atoms with Crippen LogP contribution in [0.3, 0.4) is 0 Å². The van der Waals surface area contributed by atoms with Crippen LogP contribution in [-0.4, -0.2) is 24.9 Å². The average Bonchev–Trinajstić information content (AvgIpc) is 2.53. The second-order valence-corrected chi connectivity index (χ2v) is 2.64. The summed E-state index contributed by atoms with van der Waals surface area (Å²) in [6, 6.07) is 1.81. The Hall–Kier alpha value is -1.91. The van der Waals surface area contributed by atoms with E-state index in [1.54, 1.807) is 4.68 Å². The molecule has 2 heterocycles. The Bertz CT molecular complexity index is 406. The zero-order valence-electron chi connectivity index (χ0n) is 7.05. The molecule has 66 valence electrons. The van der Waals surface area contributed by atoms with Crippen LogP contribution in [0, 0.1) is 0 Å². The van der Waals surface area contributed by atoms with Crippen molar-refractivity contribution in [1.82, 2.24) is 19.7 Å². The molecule has 2 aromatic heterocycles. The Morgan fingerprint density at radius 1 is 1.31 bits per heavy atom. The maximum absolute atomic E-state index is 8.96. The molecule has 5 heteroatoms. The zero-order chi connectivity index (χ0) is 9.26. The third-order valence-corrected chi connectivity index (χ3v) is 1.58. The minimum atomic E-state index is 0.0553. The first-order valence-corrected chi connectivity index (χ1v) is 3.77. The molecule has 0 atom stereocenters. The predicted molar refractivity (Wildman–Crippen MR) is 45.9 cm³/mol. The van der Waals surface area contributed by atoms with Crippen LogP contribution in [0.15, 0.2) is 24.7 Å². The summed E-state index contributed by atoms with van der Waals surface area (Å²) in [6.45, 7) is 0. The van der Waals surface area contributed by atoms with E-state index in [1.165, 1.54) is 12.4 Å². The van der Waals surface area contributed by atoms with Gasteiger partial charge in [0.1, 0.15) is 5.69 Å². The molecule has 0 saturated carbocycles. The van der Waals surface area contributed by atoms with Crippen LogP contribution < -0.4 is 0 Å². The van der Waals surface area contributed by atoms with Gasteiger partial charge in [0.15, 0.2) is 11.6 Å². The highest BCUT2D eigenvalue weighted by Gasteiger charge is 2.03. The molecule has 0 unspecified atom stereocenters. The monoisotopic (exact) mass is 176 g/mol. The van der Waals surface area contributed by atoms with Gasteiger partial charge in [-0.05, 0) is 6.07 Å². The van der Waals surface area contributed by atoms with Crippen LogP contribution in [0.25, 0.3) is 11.5 Å². The predicted octanol–water partition coefficient (Wildman–Crippen LogP) is 0.583. The molecule has 2 aromatic rings. The van der Waals surface area contributed by atoms with E-state index in [0.717, 1.165) is 0 Å². The van der Waals surface area contributed by atoms with Gasteiger partial charge in [0, 0.05) is 13.2 Å². The molecule has 1 N–H and O–H groups in total. The Balaban J connectivity index is 2.41. The number of rotatable bonds is 1. The maximum Gasteiger partial charge on any atom is 0.180 e. The highest BCUT2D eigenvalue weighted by molar-refractivity contribution is 5.47. The van der Waals surface area contributed by atoms with Crippen molar-refractivity contribution in [2.45, 2.75) is 0 Å². The van der Waals surface area contributed by atoms with Crippen molar-refractivity contribution < 1.29 is 5.11 Å². The largest absolute Gasteiger partial charge is 0.505 e. The van der Waals surface area contributed by atoms with Gasteiger partial charge >= 0.3 is 0 Å². The van der Waals surface area contributed by atoms with Gasteiger partial charge in [-0.3, -0.25) is 4.68 Å². The Kier molecular flexibility index (Phi) is 1.70. The van der Waals surface area contributed by atoms with Crippen LogP contribution in [0.5, 0.6) is 5.75 Å². The Morgan fingerprint density at radius 3 is 2.54 bits per heavy atom. The van der Waals surface area contributed by atoms with Crippen LogP contribution in [0.2, 0.25) is 0 Å². The van der Waals surface area contributed by atoms with Crippen molar-refractivity contribution in [3.05, 3.63) is 24.7 Å². The van der Waals surface area contributed by atoms with Crippen LogP contribution in [0.1, 0.15) is 0 Å². The third kappa shape index (κ3) is 1.48. The number of hydrogen-bond acceptors (Lipinski definition) is 4. The van der Waals surface area contributed by atoms with Gasteiger partial charge in [-0.2, -0.15) is 5.10 Å². The number of aromatic hydroxyl groups is 1. The fourth-order valence-electron chi connectivity index (χ4n) is 0.988. The van der Waals surface area contributed by atoms with Crippen molar-refractivity contribution in [1.29, 1.82) is 0 Å². The molecule has 13 heavy (non-hydrogen) atoms. The molecule has 0 bridgehead atoms. The van der Waals surface area contributed by atoms with Crippen LogP contribution >= 0.6 is 0 Å². The molecule has 0 amide bonds. The molecule has 0 radical (unpaired) electrons.